The predicted octanol–water partition coefficient (Wildman–Crippen LogP) is 2.02. The number of ether oxygens (including phenoxy) is 2. The second-order valence-corrected chi connectivity index (χ2v) is 3.99. The van der Waals surface area contributed by atoms with Crippen molar-refractivity contribution in [2.75, 3.05) is 26.1 Å². The molecule has 1 unspecified atom stereocenters. The topological polar surface area (TPSA) is 42.5 Å². The van der Waals surface area contributed by atoms with Crippen LogP contribution in [0.3, 0.4) is 0 Å². The molecule has 0 aliphatic heterocycles. The van der Waals surface area contributed by atoms with Gasteiger partial charge in [-0.3, -0.25) is 0 Å². The van der Waals surface area contributed by atoms with Crippen LogP contribution in [-0.2, 0) is 4.74 Å². The van der Waals surface area contributed by atoms with E-state index in [-0.39, 0.29) is 6.10 Å². The third kappa shape index (κ3) is 4.58. The summed E-state index contributed by atoms with van der Waals surface area (Å²) in [6, 6.07) is 7.62. The van der Waals surface area contributed by atoms with Crippen LogP contribution < -0.4 is 15.4 Å². The predicted molar refractivity (Wildman–Crippen MR) is 73.7 cm³/mol. The Labute approximate surface area is 107 Å². The first kappa shape index (κ1) is 13.7. The van der Waals surface area contributed by atoms with Crippen LogP contribution in [0.5, 0.6) is 5.75 Å². The minimum absolute atomic E-state index is 0.118. The van der Waals surface area contributed by atoms with Crippen molar-refractivity contribution in [2.45, 2.75) is 13.0 Å². The number of benzene rings is 1. The van der Waals surface area contributed by atoms with Gasteiger partial charge in [0.2, 0.25) is 0 Å². The second kappa shape index (κ2) is 7.09. The molecule has 0 radical (unpaired) electrons. The third-order valence-electron chi connectivity index (χ3n) is 2.31. The average molecular weight is 254 g/mol. The van der Waals surface area contributed by atoms with Crippen LogP contribution in [0.25, 0.3) is 0 Å². The van der Waals surface area contributed by atoms with Gasteiger partial charge in [-0.15, -0.1) is 0 Å². The molecule has 17 heavy (non-hydrogen) atoms. The highest BCUT2D eigenvalue weighted by Crippen LogP contribution is 2.22. The molecule has 0 aliphatic rings. The van der Waals surface area contributed by atoms with Crippen LogP contribution in [0.1, 0.15) is 6.92 Å². The molecule has 1 rings (SSSR count). The largest absolute Gasteiger partial charge is 0.495 e. The van der Waals surface area contributed by atoms with Gasteiger partial charge in [-0.2, -0.15) is 0 Å². The maximum atomic E-state index is 5.22. The van der Waals surface area contributed by atoms with Crippen LogP contribution in [0.4, 0.5) is 5.69 Å². The highest BCUT2D eigenvalue weighted by molar-refractivity contribution is 7.80. The van der Waals surface area contributed by atoms with E-state index in [0.717, 1.165) is 11.4 Å². The van der Waals surface area contributed by atoms with Gasteiger partial charge in [0.25, 0.3) is 0 Å². The van der Waals surface area contributed by atoms with Crippen molar-refractivity contribution in [3.63, 3.8) is 0 Å². The normalized spacial score (nSPS) is 11.7. The van der Waals surface area contributed by atoms with Gasteiger partial charge in [-0.05, 0) is 31.3 Å². The summed E-state index contributed by atoms with van der Waals surface area (Å²) >= 11 is 5.18. The van der Waals surface area contributed by atoms with E-state index in [0.29, 0.717) is 11.7 Å². The summed E-state index contributed by atoms with van der Waals surface area (Å²) in [5, 5.41) is 6.71. The van der Waals surface area contributed by atoms with Crippen molar-refractivity contribution in [3.05, 3.63) is 24.3 Å². The number of rotatable bonds is 5. The van der Waals surface area contributed by atoms with Gasteiger partial charge in [0.15, 0.2) is 5.11 Å². The molecule has 0 heterocycles. The molecule has 1 atom stereocenters. The van der Waals surface area contributed by atoms with Crippen LogP contribution in [0.2, 0.25) is 0 Å². The van der Waals surface area contributed by atoms with Gasteiger partial charge in [-0.1, -0.05) is 12.1 Å². The molecule has 2 N–H and O–H groups in total. The average Bonchev–Trinajstić information content (AvgIpc) is 2.36. The Kier molecular flexibility index (Phi) is 5.72. The molecule has 4 nitrogen and oxygen atoms in total. The van der Waals surface area contributed by atoms with E-state index in [4.69, 9.17) is 21.7 Å². The Morgan fingerprint density at radius 3 is 2.71 bits per heavy atom. The SMILES string of the molecule is COc1ccccc1NC(=S)NCC(C)OC. The van der Waals surface area contributed by atoms with E-state index in [9.17, 15) is 0 Å². The second-order valence-electron chi connectivity index (χ2n) is 3.58. The lowest BCUT2D eigenvalue weighted by Gasteiger charge is -2.15. The van der Waals surface area contributed by atoms with Gasteiger partial charge < -0.3 is 20.1 Å². The van der Waals surface area contributed by atoms with Crippen LogP contribution in [0, 0.1) is 0 Å². The Bertz CT molecular complexity index is 371. The van der Waals surface area contributed by atoms with Crippen LogP contribution in [0.15, 0.2) is 24.3 Å². The number of para-hydroxylation sites is 2. The summed E-state index contributed by atoms with van der Waals surface area (Å²) in [4.78, 5) is 0. The molecular weight excluding hydrogens is 236 g/mol. The molecule has 0 aliphatic carbocycles. The Balaban J connectivity index is 2.50. The first-order valence-corrected chi connectivity index (χ1v) is 5.79. The molecule has 0 bridgehead atoms. The van der Waals surface area contributed by atoms with Gasteiger partial charge >= 0.3 is 0 Å². The van der Waals surface area contributed by atoms with E-state index in [1.54, 1.807) is 14.2 Å². The lowest BCUT2D eigenvalue weighted by atomic mass is 10.3. The van der Waals surface area contributed by atoms with Crippen LogP contribution >= 0.6 is 12.2 Å². The molecule has 1 aromatic carbocycles. The van der Waals surface area contributed by atoms with Crippen molar-refractivity contribution in [2.24, 2.45) is 0 Å². The monoisotopic (exact) mass is 254 g/mol. The molecule has 0 amide bonds. The maximum absolute atomic E-state index is 5.22. The zero-order chi connectivity index (χ0) is 12.7. The van der Waals surface area contributed by atoms with E-state index < -0.39 is 0 Å². The molecule has 0 aromatic heterocycles. The maximum Gasteiger partial charge on any atom is 0.170 e. The van der Waals surface area contributed by atoms with Gasteiger partial charge in [0.05, 0.1) is 18.9 Å². The van der Waals surface area contributed by atoms with Crippen molar-refractivity contribution < 1.29 is 9.47 Å². The van der Waals surface area contributed by atoms with Gasteiger partial charge in [-0.25, -0.2) is 0 Å². The van der Waals surface area contributed by atoms with E-state index >= 15 is 0 Å². The highest BCUT2D eigenvalue weighted by Gasteiger charge is 2.04. The smallest absolute Gasteiger partial charge is 0.170 e. The summed E-state index contributed by atoms with van der Waals surface area (Å²) in [6.45, 7) is 2.64. The molecule has 0 saturated heterocycles. The number of methoxy groups -OCH3 is 2. The minimum atomic E-state index is 0.118. The zero-order valence-corrected chi connectivity index (χ0v) is 11.1. The first-order valence-electron chi connectivity index (χ1n) is 5.38. The summed E-state index contributed by atoms with van der Waals surface area (Å²) < 4.78 is 10.3. The quantitative estimate of drug-likeness (QED) is 0.787. The fourth-order valence-electron chi connectivity index (χ4n) is 1.23. The molecule has 5 heteroatoms. The molecule has 0 spiro atoms. The van der Waals surface area contributed by atoms with Gasteiger partial charge in [0, 0.05) is 13.7 Å². The van der Waals surface area contributed by atoms with Crippen LogP contribution in [-0.4, -0.2) is 32.0 Å². The minimum Gasteiger partial charge on any atom is -0.495 e. The molecule has 1 aromatic rings. The van der Waals surface area contributed by atoms with Crippen molar-refractivity contribution in [1.82, 2.24) is 5.32 Å². The number of nitrogens with one attached hydrogen (secondary N) is 2. The zero-order valence-electron chi connectivity index (χ0n) is 10.3. The Morgan fingerprint density at radius 1 is 1.35 bits per heavy atom. The number of anilines is 1. The molecule has 94 valence electrons. The summed E-state index contributed by atoms with van der Waals surface area (Å²) in [5.74, 6) is 0.761. The number of hydrogen-bond donors (Lipinski definition) is 2. The van der Waals surface area contributed by atoms with Crippen molar-refractivity contribution in [1.29, 1.82) is 0 Å². The van der Waals surface area contributed by atoms with Gasteiger partial charge in [0.1, 0.15) is 5.75 Å². The highest BCUT2D eigenvalue weighted by atomic mass is 32.1. The Morgan fingerprint density at radius 2 is 2.06 bits per heavy atom. The van der Waals surface area contributed by atoms with E-state index in [1.807, 2.05) is 31.2 Å². The molecular formula is C12H18N2O2S. The molecule has 0 fully saturated rings. The lowest BCUT2D eigenvalue weighted by molar-refractivity contribution is 0.121. The van der Waals surface area contributed by atoms with Crippen molar-refractivity contribution in [3.8, 4) is 5.75 Å². The first-order chi connectivity index (χ1) is 8.17. The third-order valence-corrected chi connectivity index (χ3v) is 2.55. The summed E-state index contributed by atoms with van der Waals surface area (Å²) in [5.41, 5.74) is 0.845. The fraction of sp³-hybridized carbons (Fsp3) is 0.417. The molecule has 0 saturated carbocycles. The number of thiocarbonyl (C=S) groups is 1. The summed E-state index contributed by atoms with van der Waals surface area (Å²) in [7, 11) is 3.30. The Hall–Kier alpha value is -1.33. The fourth-order valence-corrected chi connectivity index (χ4v) is 1.43. The standard InChI is InChI=1S/C12H18N2O2S/c1-9(15-2)8-13-12(17)14-10-6-4-5-7-11(10)16-3/h4-7,9H,8H2,1-3H3,(H2,13,14,17). The summed E-state index contributed by atoms with van der Waals surface area (Å²) in [6.07, 6.45) is 0.118. The van der Waals surface area contributed by atoms with E-state index in [1.165, 1.54) is 0 Å². The number of hydrogen-bond acceptors (Lipinski definition) is 3. The van der Waals surface area contributed by atoms with E-state index in [2.05, 4.69) is 10.6 Å². The van der Waals surface area contributed by atoms with Crippen molar-refractivity contribution >= 4 is 23.0 Å². The lowest BCUT2D eigenvalue weighted by Crippen LogP contribution is -2.34.